The number of amides is 2. The van der Waals surface area contributed by atoms with Crippen molar-refractivity contribution in [2.45, 2.75) is 52.2 Å². The van der Waals surface area contributed by atoms with Crippen LogP contribution in [-0.2, 0) is 22.3 Å². The second-order valence-electron chi connectivity index (χ2n) is 10.2. The van der Waals surface area contributed by atoms with Gasteiger partial charge in [-0.25, -0.2) is 14.6 Å². The van der Waals surface area contributed by atoms with Gasteiger partial charge in [0, 0.05) is 18.7 Å². The van der Waals surface area contributed by atoms with Crippen molar-refractivity contribution in [1.82, 2.24) is 9.88 Å². The van der Waals surface area contributed by atoms with Gasteiger partial charge in [-0.05, 0) is 81.0 Å². The number of carbonyl (C=O) groups excluding carboxylic acids is 2. The van der Waals surface area contributed by atoms with Crippen LogP contribution in [0, 0.1) is 10.1 Å². The van der Waals surface area contributed by atoms with Gasteiger partial charge in [0.25, 0.3) is 5.69 Å². The quantitative estimate of drug-likeness (QED) is 0.292. The summed E-state index contributed by atoms with van der Waals surface area (Å²) in [6.07, 6.45) is 0.0768. The Bertz CT molecular complexity index is 1350. The molecule has 39 heavy (non-hydrogen) atoms. The van der Waals surface area contributed by atoms with Crippen molar-refractivity contribution >= 4 is 23.7 Å². The van der Waals surface area contributed by atoms with Crippen LogP contribution in [0.15, 0.2) is 60.7 Å². The first-order chi connectivity index (χ1) is 18.5. The number of benzene rings is 2. The summed E-state index contributed by atoms with van der Waals surface area (Å²) in [5.41, 5.74) is 3.84. The number of hydrogen-bond acceptors (Lipinski definition) is 7. The Morgan fingerprint density at radius 1 is 1.05 bits per heavy atom. The lowest BCUT2D eigenvalue weighted by atomic mass is 9.92. The molecule has 10 heteroatoms. The third-order valence-corrected chi connectivity index (χ3v) is 6.25. The lowest BCUT2D eigenvalue weighted by Crippen LogP contribution is -2.42. The van der Waals surface area contributed by atoms with Crippen LogP contribution < -0.4 is 5.32 Å². The summed E-state index contributed by atoms with van der Waals surface area (Å²) in [4.78, 5) is 42.1. The van der Waals surface area contributed by atoms with E-state index in [0.29, 0.717) is 30.9 Å². The topological polar surface area (TPSA) is 124 Å². The lowest BCUT2D eigenvalue weighted by molar-refractivity contribution is -0.384. The van der Waals surface area contributed by atoms with Gasteiger partial charge in [-0.1, -0.05) is 30.3 Å². The maximum atomic E-state index is 12.9. The van der Waals surface area contributed by atoms with Crippen LogP contribution >= 0.6 is 0 Å². The van der Waals surface area contributed by atoms with Gasteiger partial charge < -0.3 is 9.47 Å². The summed E-state index contributed by atoms with van der Waals surface area (Å²) in [6, 6.07) is 17.5. The highest BCUT2D eigenvalue weighted by Crippen LogP contribution is 2.33. The van der Waals surface area contributed by atoms with Gasteiger partial charge in [-0.15, -0.1) is 0 Å². The maximum Gasteiger partial charge on any atom is 0.413 e. The van der Waals surface area contributed by atoms with E-state index >= 15 is 0 Å². The van der Waals surface area contributed by atoms with Crippen LogP contribution in [0.3, 0.4) is 0 Å². The van der Waals surface area contributed by atoms with Gasteiger partial charge in [0.05, 0.1) is 23.3 Å². The first-order valence-corrected chi connectivity index (χ1v) is 12.8. The number of nitrogens with zero attached hydrogens (tertiary/aromatic N) is 3. The number of non-ortho nitro benzene ring substituents is 1. The minimum Gasteiger partial charge on any atom is -0.450 e. The zero-order valence-corrected chi connectivity index (χ0v) is 22.5. The second-order valence-corrected chi connectivity index (χ2v) is 10.2. The SMILES string of the molecule is CCOC(=O)N1CCc2ccc(NC(=O)OC(C)(C)C)nc2C1Cc1ccc(-c2ccc([N+](=O)[O-])cc2)cc1. The largest absolute Gasteiger partial charge is 0.450 e. The Kier molecular flexibility index (Phi) is 8.13. The first kappa shape index (κ1) is 27.6. The average Bonchev–Trinajstić information content (AvgIpc) is 2.88. The highest BCUT2D eigenvalue weighted by Gasteiger charge is 2.33. The van der Waals surface area contributed by atoms with Crippen molar-refractivity contribution in [2.75, 3.05) is 18.5 Å². The van der Waals surface area contributed by atoms with Crippen molar-refractivity contribution in [3.05, 3.63) is 87.6 Å². The van der Waals surface area contributed by atoms with Crippen LogP contribution in [0.5, 0.6) is 0 Å². The molecule has 10 nitrogen and oxygen atoms in total. The number of fused-ring (bicyclic) bond motifs is 1. The Balaban J connectivity index is 1.60. The summed E-state index contributed by atoms with van der Waals surface area (Å²) >= 11 is 0. The van der Waals surface area contributed by atoms with Gasteiger partial charge >= 0.3 is 12.2 Å². The maximum absolute atomic E-state index is 12.9. The number of rotatable bonds is 6. The van der Waals surface area contributed by atoms with E-state index in [1.54, 1.807) is 50.8 Å². The lowest BCUT2D eigenvalue weighted by Gasteiger charge is -2.36. The molecule has 2 aromatic carbocycles. The first-order valence-electron chi connectivity index (χ1n) is 12.8. The molecule has 1 aromatic heterocycles. The monoisotopic (exact) mass is 532 g/mol. The van der Waals surface area contributed by atoms with E-state index in [0.717, 1.165) is 22.3 Å². The highest BCUT2D eigenvalue weighted by molar-refractivity contribution is 5.83. The molecule has 1 aliphatic rings. The smallest absolute Gasteiger partial charge is 0.413 e. The van der Waals surface area contributed by atoms with Crippen LogP contribution in [0.2, 0.25) is 0 Å². The van der Waals surface area contributed by atoms with E-state index in [1.165, 1.54) is 12.1 Å². The molecular weight excluding hydrogens is 500 g/mol. The van der Waals surface area contributed by atoms with Crippen molar-refractivity contribution in [3.8, 4) is 11.1 Å². The van der Waals surface area contributed by atoms with E-state index in [9.17, 15) is 19.7 Å². The van der Waals surface area contributed by atoms with E-state index < -0.39 is 28.8 Å². The predicted molar refractivity (Wildman–Crippen MR) is 147 cm³/mol. The molecule has 0 saturated heterocycles. The van der Waals surface area contributed by atoms with Gasteiger partial charge in [-0.2, -0.15) is 0 Å². The number of nitro benzene ring substituents is 1. The number of pyridine rings is 1. The number of hydrogen-bond donors (Lipinski definition) is 1. The zero-order chi connectivity index (χ0) is 28.2. The minimum atomic E-state index is -0.651. The molecule has 0 bridgehead atoms. The number of nitro groups is 1. The third-order valence-electron chi connectivity index (χ3n) is 6.25. The molecule has 2 heterocycles. The van der Waals surface area contributed by atoms with Gasteiger partial charge in [0.15, 0.2) is 0 Å². The molecule has 0 aliphatic carbocycles. The fourth-order valence-electron chi connectivity index (χ4n) is 4.49. The fraction of sp³-hybridized carbons (Fsp3) is 0.345. The summed E-state index contributed by atoms with van der Waals surface area (Å²) < 4.78 is 10.7. The fourth-order valence-corrected chi connectivity index (χ4v) is 4.49. The Morgan fingerprint density at radius 3 is 2.28 bits per heavy atom. The van der Waals surface area contributed by atoms with Gasteiger partial charge in [0.1, 0.15) is 11.4 Å². The zero-order valence-electron chi connectivity index (χ0n) is 22.5. The molecule has 1 atom stereocenters. The molecule has 0 spiro atoms. The molecule has 1 aliphatic heterocycles. The second kappa shape index (κ2) is 11.5. The standard InChI is InChI=1S/C29H32N4O6/c1-5-38-28(35)32-17-16-22-12-15-25(31-27(34)39-29(2,3)4)30-26(22)24(32)18-19-6-8-20(9-7-19)21-10-13-23(14-11-21)33(36)37/h6-15,24H,5,16-18H2,1-4H3,(H,30,31,34). The molecule has 0 fully saturated rings. The van der Waals surface area contributed by atoms with E-state index in [-0.39, 0.29) is 12.3 Å². The third kappa shape index (κ3) is 6.90. The molecule has 1 unspecified atom stereocenters. The van der Waals surface area contributed by atoms with Crippen molar-refractivity contribution < 1.29 is 24.0 Å². The molecule has 4 rings (SSSR count). The number of aromatic nitrogens is 1. The van der Waals surface area contributed by atoms with Gasteiger partial charge in [-0.3, -0.25) is 20.3 Å². The predicted octanol–water partition coefficient (Wildman–Crippen LogP) is 6.30. The van der Waals surface area contributed by atoms with Crippen LogP contribution in [0.4, 0.5) is 21.1 Å². The number of ether oxygens (including phenoxy) is 2. The Hall–Kier alpha value is -4.47. The summed E-state index contributed by atoms with van der Waals surface area (Å²) in [5.74, 6) is 0.340. The molecule has 3 aromatic rings. The van der Waals surface area contributed by atoms with E-state index in [4.69, 9.17) is 14.5 Å². The number of nitrogens with one attached hydrogen (secondary N) is 1. The number of anilines is 1. The van der Waals surface area contributed by atoms with Crippen LogP contribution in [-0.4, -0.2) is 45.7 Å². The van der Waals surface area contributed by atoms with Crippen molar-refractivity contribution in [3.63, 3.8) is 0 Å². The summed E-state index contributed by atoms with van der Waals surface area (Å²) in [7, 11) is 0. The van der Waals surface area contributed by atoms with E-state index in [2.05, 4.69) is 5.32 Å². The minimum absolute atomic E-state index is 0.0402. The van der Waals surface area contributed by atoms with Crippen molar-refractivity contribution in [1.29, 1.82) is 0 Å². The molecule has 2 amide bonds. The number of carbonyl (C=O) groups is 2. The molecule has 204 valence electrons. The van der Waals surface area contributed by atoms with Crippen LogP contribution in [0.1, 0.15) is 50.6 Å². The van der Waals surface area contributed by atoms with Gasteiger partial charge in [0.2, 0.25) is 0 Å². The Labute approximate surface area is 227 Å². The average molecular weight is 533 g/mol. The highest BCUT2D eigenvalue weighted by atomic mass is 16.6. The van der Waals surface area contributed by atoms with E-state index in [1.807, 2.05) is 30.3 Å². The van der Waals surface area contributed by atoms with Crippen LogP contribution in [0.25, 0.3) is 11.1 Å². The summed E-state index contributed by atoms with van der Waals surface area (Å²) in [5, 5.41) is 13.6. The molecule has 0 saturated carbocycles. The Morgan fingerprint density at radius 2 is 1.69 bits per heavy atom. The molecule has 1 N–H and O–H groups in total. The summed E-state index contributed by atoms with van der Waals surface area (Å²) in [6.45, 7) is 7.86. The molecular formula is C29H32N4O6. The normalized spacial score (nSPS) is 14.8. The van der Waals surface area contributed by atoms with Crippen molar-refractivity contribution in [2.24, 2.45) is 0 Å². The molecule has 0 radical (unpaired) electrons.